The van der Waals surface area contributed by atoms with Crippen molar-refractivity contribution in [1.82, 2.24) is 5.16 Å². The van der Waals surface area contributed by atoms with Gasteiger partial charge in [0.1, 0.15) is 11.5 Å². The van der Waals surface area contributed by atoms with Crippen molar-refractivity contribution in [3.63, 3.8) is 0 Å². The minimum Gasteiger partial charge on any atom is -0.361 e. The van der Waals surface area contributed by atoms with Gasteiger partial charge in [0.05, 0.1) is 0 Å². The Hall–Kier alpha value is -1.09. The Morgan fingerprint density at radius 3 is 2.56 bits per heavy atom. The van der Waals surface area contributed by atoms with Crippen LogP contribution in [-0.2, 0) is 6.42 Å². The van der Waals surface area contributed by atoms with Gasteiger partial charge in [0.2, 0.25) is 0 Å². The lowest BCUT2D eigenvalue weighted by molar-refractivity contribution is 0.370. The van der Waals surface area contributed by atoms with Crippen molar-refractivity contribution in [3.05, 3.63) is 40.6 Å². The van der Waals surface area contributed by atoms with Crippen LogP contribution in [0.4, 0.5) is 0 Å². The molecule has 0 aliphatic rings. The number of hydrogen-bond donors (Lipinski definition) is 0. The first kappa shape index (κ1) is 11.4. The van der Waals surface area contributed by atoms with Gasteiger partial charge in [-0.05, 0) is 18.1 Å². The summed E-state index contributed by atoms with van der Waals surface area (Å²) in [5.74, 6) is 1.54. The van der Waals surface area contributed by atoms with Gasteiger partial charge in [0, 0.05) is 22.5 Å². The Kier molecular flexibility index (Phi) is 3.44. The molecule has 2 aromatic rings. The summed E-state index contributed by atoms with van der Waals surface area (Å²) in [5.41, 5.74) is 1.99. The predicted octanol–water partition coefficient (Wildman–Crippen LogP) is 4.30. The second-order valence-corrected chi connectivity index (χ2v) is 5.20. The van der Waals surface area contributed by atoms with Crippen LogP contribution < -0.4 is 0 Å². The largest absolute Gasteiger partial charge is 0.361 e. The van der Waals surface area contributed by atoms with Gasteiger partial charge < -0.3 is 4.52 Å². The highest BCUT2D eigenvalue weighted by atomic mass is 79.9. The summed E-state index contributed by atoms with van der Waals surface area (Å²) in [6.07, 6.45) is 0.934. The maximum absolute atomic E-state index is 5.30. The summed E-state index contributed by atoms with van der Waals surface area (Å²) < 4.78 is 6.37. The molecule has 2 nitrogen and oxygen atoms in total. The van der Waals surface area contributed by atoms with Crippen LogP contribution in [0.1, 0.15) is 19.6 Å². The third kappa shape index (κ3) is 2.73. The summed E-state index contributed by atoms with van der Waals surface area (Å²) in [6.45, 7) is 4.34. The number of halogens is 1. The fourth-order valence-corrected chi connectivity index (χ4v) is 1.83. The quantitative estimate of drug-likeness (QED) is 0.837. The fourth-order valence-electron chi connectivity index (χ4n) is 1.57. The molecule has 0 spiro atoms. The van der Waals surface area contributed by atoms with E-state index in [1.807, 2.05) is 30.3 Å². The molecule has 0 atom stereocenters. The van der Waals surface area contributed by atoms with E-state index in [9.17, 15) is 0 Å². The first-order valence-corrected chi connectivity index (χ1v) is 6.16. The molecule has 0 saturated heterocycles. The number of nitrogens with zero attached hydrogens (tertiary/aromatic N) is 1. The van der Waals surface area contributed by atoms with Gasteiger partial charge in [0.25, 0.3) is 0 Å². The molecule has 0 radical (unpaired) electrons. The molecule has 16 heavy (non-hydrogen) atoms. The highest BCUT2D eigenvalue weighted by Crippen LogP contribution is 2.22. The lowest BCUT2D eigenvalue weighted by Gasteiger charge is -1.97. The fraction of sp³-hybridized carbons (Fsp3) is 0.308. The molecular weight excluding hydrogens is 266 g/mol. The first-order chi connectivity index (χ1) is 7.65. The van der Waals surface area contributed by atoms with Crippen molar-refractivity contribution >= 4 is 15.9 Å². The zero-order chi connectivity index (χ0) is 11.5. The Balaban J connectivity index is 2.21. The zero-order valence-electron chi connectivity index (χ0n) is 9.40. The third-order valence-electron chi connectivity index (χ3n) is 2.31. The molecule has 84 valence electrons. The molecule has 1 aromatic heterocycles. The highest BCUT2D eigenvalue weighted by molar-refractivity contribution is 9.10. The van der Waals surface area contributed by atoms with Gasteiger partial charge in [-0.3, -0.25) is 0 Å². The molecule has 3 heteroatoms. The first-order valence-electron chi connectivity index (χ1n) is 5.36. The van der Waals surface area contributed by atoms with E-state index in [1.165, 1.54) is 0 Å². The monoisotopic (exact) mass is 279 g/mol. The van der Waals surface area contributed by atoms with E-state index in [4.69, 9.17) is 4.52 Å². The molecule has 1 aromatic carbocycles. The molecule has 0 amide bonds. The van der Waals surface area contributed by atoms with Gasteiger partial charge in [-0.25, -0.2) is 0 Å². The molecule has 0 unspecified atom stereocenters. The van der Waals surface area contributed by atoms with E-state index in [0.29, 0.717) is 5.92 Å². The summed E-state index contributed by atoms with van der Waals surface area (Å²) in [4.78, 5) is 0. The lowest BCUT2D eigenvalue weighted by atomic mass is 10.1. The zero-order valence-corrected chi connectivity index (χ0v) is 11.0. The predicted molar refractivity (Wildman–Crippen MR) is 68.2 cm³/mol. The summed E-state index contributed by atoms with van der Waals surface area (Å²) in [6, 6.07) is 10.1. The number of hydrogen-bond acceptors (Lipinski definition) is 2. The van der Waals surface area contributed by atoms with Crippen LogP contribution in [0, 0.1) is 5.92 Å². The standard InChI is InChI=1S/C13H14BrNO/c1-9(2)7-12-8-13(15-16-12)10-3-5-11(14)6-4-10/h3-6,8-9H,7H2,1-2H3. The van der Waals surface area contributed by atoms with Crippen LogP contribution in [-0.4, -0.2) is 5.16 Å². The van der Waals surface area contributed by atoms with Crippen molar-refractivity contribution in [2.75, 3.05) is 0 Å². The SMILES string of the molecule is CC(C)Cc1cc(-c2ccc(Br)cc2)no1. The number of aromatic nitrogens is 1. The van der Waals surface area contributed by atoms with Crippen LogP contribution in [0.15, 0.2) is 39.3 Å². The summed E-state index contributed by atoms with van der Waals surface area (Å²) >= 11 is 3.41. The second kappa shape index (κ2) is 4.83. The van der Waals surface area contributed by atoms with E-state index in [-0.39, 0.29) is 0 Å². The van der Waals surface area contributed by atoms with Crippen molar-refractivity contribution in [2.24, 2.45) is 5.92 Å². The average molecular weight is 280 g/mol. The minimum absolute atomic E-state index is 0.589. The maximum Gasteiger partial charge on any atom is 0.137 e. The third-order valence-corrected chi connectivity index (χ3v) is 2.84. The molecule has 0 aliphatic heterocycles. The van der Waals surface area contributed by atoms with Gasteiger partial charge in [0.15, 0.2) is 0 Å². The smallest absolute Gasteiger partial charge is 0.137 e. The van der Waals surface area contributed by atoms with Crippen LogP contribution in [0.3, 0.4) is 0 Å². The van der Waals surface area contributed by atoms with E-state index in [2.05, 4.69) is 34.9 Å². The molecule has 0 bridgehead atoms. The van der Waals surface area contributed by atoms with E-state index < -0.39 is 0 Å². The minimum atomic E-state index is 0.589. The van der Waals surface area contributed by atoms with Crippen molar-refractivity contribution in [1.29, 1.82) is 0 Å². The van der Waals surface area contributed by atoms with Crippen LogP contribution in [0.2, 0.25) is 0 Å². The van der Waals surface area contributed by atoms with Crippen LogP contribution >= 0.6 is 15.9 Å². The number of rotatable bonds is 3. The van der Waals surface area contributed by atoms with E-state index >= 15 is 0 Å². The highest BCUT2D eigenvalue weighted by Gasteiger charge is 2.07. The van der Waals surface area contributed by atoms with Gasteiger partial charge in [-0.15, -0.1) is 0 Å². The summed E-state index contributed by atoms with van der Waals surface area (Å²) in [5, 5.41) is 4.08. The Morgan fingerprint density at radius 2 is 1.94 bits per heavy atom. The molecule has 2 rings (SSSR count). The maximum atomic E-state index is 5.30. The van der Waals surface area contributed by atoms with Crippen LogP contribution in [0.5, 0.6) is 0 Å². The Bertz CT molecular complexity index is 459. The van der Waals surface area contributed by atoms with Gasteiger partial charge >= 0.3 is 0 Å². The molecule has 0 saturated carbocycles. The van der Waals surface area contributed by atoms with Crippen molar-refractivity contribution in [3.8, 4) is 11.3 Å². The Morgan fingerprint density at radius 1 is 1.25 bits per heavy atom. The second-order valence-electron chi connectivity index (χ2n) is 4.28. The lowest BCUT2D eigenvalue weighted by Crippen LogP contribution is -1.90. The molecule has 0 N–H and O–H groups in total. The summed E-state index contributed by atoms with van der Waals surface area (Å²) in [7, 11) is 0. The normalized spacial score (nSPS) is 11.0. The van der Waals surface area contributed by atoms with Crippen molar-refractivity contribution in [2.45, 2.75) is 20.3 Å². The Labute approximate surface area is 104 Å². The topological polar surface area (TPSA) is 26.0 Å². The van der Waals surface area contributed by atoms with Crippen LogP contribution in [0.25, 0.3) is 11.3 Å². The van der Waals surface area contributed by atoms with E-state index in [0.717, 1.165) is 27.9 Å². The number of benzene rings is 1. The average Bonchev–Trinajstić information content (AvgIpc) is 2.66. The molecular formula is C13H14BrNO. The van der Waals surface area contributed by atoms with E-state index in [1.54, 1.807) is 0 Å². The van der Waals surface area contributed by atoms with Gasteiger partial charge in [-0.2, -0.15) is 0 Å². The molecule has 0 fully saturated rings. The molecule has 0 aliphatic carbocycles. The molecule has 1 heterocycles. The van der Waals surface area contributed by atoms with Crippen molar-refractivity contribution < 1.29 is 4.52 Å². The van der Waals surface area contributed by atoms with Gasteiger partial charge in [-0.1, -0.05) is 47.1 Å².